The van der Waals surface area contributed by atoms with E-state index in [1.165, 1.54) is 0 Å². The van der Waals surface area contributed by atoms with Crippen LogP contribution >= 0.6 is 0 Å². The van der Waals surface area contributed by atoms with Crippen molar-refractivity contribution in [1.82, 2.24) is 15.5 Å². The molecule has 3 N–H and O–H groups in total. The lowest BCUT2D eigenvalue weighted by Crippen LogP contribution is -2.42. The molecule has 2 aromatic carbocycles. The number of alkyl carbamates (subject to hydrolysis) is 1. The van der Waals surface area contributed by atoms with Gasteiger partial charge in [0.05, 0.1) is 23.8 Å². The Morgan fingerprint density at radius 2 is 1.64 bits per heavy atom. The van der Waals surface area contributed by atoms with Crippen LogP contribution in [0.1, 0.15) is 62.5 Å². The first-order valence-corrected chi connectivity index (χ1v) is 12.5. The third-order valence-corrected chi connectivity index (χ3v) is 6.10. The van der Waals surface area contributed by atoms with E-state index in [-0.39, 0.29) is 24.4 Å². The van der Waals surface area contributed by atoms with E-state index in [0.717, 1.165) is 31.5 Å². The van der Waals surface area contributed by atoms with Gasteiger partial charge >= 0.3 is 6.09 Å². The Morgan fingerprint density at radius 3 is 2.31 bits per heavy atom. The molecule has 3 rings (SSSR count). The molecule has 2 aromatic rings. The third kappa shape index (κ3) is 8.68. The quantitative estimate of drug-likeness (QED) is 0.507. The highest BCUT2D eigenvalue weighted by atomic mass is 16.6. The molecule has 0 saturated carbocycles. The smallest absolute Gasteiger partial charge is 0.407 e. The predicted molar refractivity (Wildman–Crippen MR) is 141 cm³/mol. The fourth-order valence-electron chi connectivity index (χ4n) is 4.17. The summed E-state index contributed by atoms with van der Waals surface area (Å²) in [5, 5.41) is 8.76. The Bertz CT molecular complexity index is 1030. The number of ether oxygens (including phenoxy) is 1. The van der Waals surface area contributed by atoms with Crippen molar-refractivity contribution < 1.29 is 19.1 Å². The zero-order chi connectivity index (χ0) is 26.1. The molecule has 0 radical (unpaired) electrons. The van der Waals surface area contributed by atoms with Crippen molar-refractivity contribution in [1.29, 1.82) is 0 Å². The number of likely N-dealkylation sites (tertiary alicyclic amines) is 1. The van der Waals surface area contributed by atoms with Gasteiger partial charge in [-0.3, -0.25) is 14.5 Å². The summed E-state index contributed by atoms with van der Waals surface area (Å²) in [4.78, 5) is 39.7. The van der Waals surface area contributed by atoms with Crippen LogP contribution in [0.4, 0.5) is 10.5 Å². The van der Waals surface area contributed by atoms with E-state index >= 15 is 0 Å². The molecule has 36 heavy (non-hydrogen) atoms. The second-order valence-electron chi connectivity index (χ2n) is 10.3. The van der Waals surface area contributed by atoms with Crippen LogP contribution in [0.2, 0.25) is 0 Å². The number of anilines is 1. The van der Waals surface area contributed by atoms with E-state index in [0.29, 0.717) is 23.7 Å². The highest BCUT2D eigenvalue weighted by Crippen LogP contribution is 2.20. The summed E-state index contributed by atoms with van der Waals surface area (Å²) in [6.45, 7) is 9.81. The van der Waals surface area contributed by atoms with E-state index in [2.05, 4.69) is 20.9 Å². The van der Waals surface area contributed by atoms with Crippen LogP contribution in [0.3, 0.4) is 0 Å². The normalized spacial score (nSPS) is 15.6. The van der Waals surface area contributed by atoms with Crippen LogP contribution in [-0.2, 0) is 9.53 Å². The van der Waals surface area contributed by atoms with E-state index < -0.39 is 11.7 Å². The van der Waals surface area contributed by atoms with E-state index in [1.54, 1.807) is 24.3 Å². The molecule has 1 fully saturated rings. The van der Waals surface area contributed by atoms with Crippen molar-refractivity contribution in [3.05, 3.63) is 65.7 Å². The number of nitrogens with one attached hydrogen (secondary N) is 3. The van der Waals surface area contributed by atoms with Crippen LogP contribution in [0, 0.1) is 5.92 Å². The van der Waals surface area contributed by atoms with Gasteiger partial charge in [0.25, 0.3) is 5.91 Å². The summed E-state index contributed by atoms with van der Waals surface area (Å²) >= 11 is 0. The minimum Gasteiger partial charge on any atom is -0.444 e. The summed E-state index contributed by atoms with van der Waals surface area (Å²) in [6, 6.07) is 16.6. The van der Waals surface area contributed by atoms with Crippen LogP contribution in [-0.4, -0.2) is 54.6 Å². The fourth-order valence-corrected chi connectivity index (χ4v) is 4.17. The topological polar surface area (TPSA) is 99.8 Å². The Morgan fingerprint density at radius 1 is 1.00 bits per heavy atom. The molecule has 1 aliphatic rings. The van der Waals surface area contributed by atoms with Crippen molar-refractivity contribution >= 4 is 23.6 Å². The Hall–Kier alpha value is -3.39. The lowest BCUT2D eigenvalue weighted by atomic mass is 9.97. The minimum atomic E-state index is -0.514. The van der Waals surface area contributed by atoms with Gasteiger partial charge in [-0.25, -0.2) is 4.79 Å². The van der Waals surface area contributed by atoms with Crippen molar-refractivity contribution in [2.45, 2.75) is 52.2 Å². The summed E-state index contributed by atoms with van der Waals surface area (Å²) < 4.78 is 5.29. The average Bonchev–Trinajstić information content (AvgIpc) is 2.83. The molecule has 0 spiro atoms. The van der Waals surface area contributed by atoms with Gasteiger partial charge in [0, 0.05) is 6.54 Å². The van der Waals surface area contributed by atoms with Gasteiger partial charge in [-0.1, -0.05) is 42.5 Å². The van der Waals surface area contributed by atoms with E-state index in [9.17, 15) is 14.4 Å². The first-order chi connectivity index (χ1) is 17.1. The number of carbonyl (C=O) groups is 3. The zero-order valence-electron chi connectivity index (χ0n) is 21.7. The summed E-state index contributed by atoms with van der Waals surface area (Å²) in [7, 11) is 0. The highest BCUT2D eigenvalue weighted by Gasteiger charge is 2.23. The number of nitrogens with zero attached hydrogens (tertiary/aromatic N) is 1. The maximum atomic E-state index is 12.9. The van der Waals surface area contributed by atoms with Gasteiger partial charge in [0.1, 0.15) is 5.60 Å². The number of hydrogen-bond acceptors (Lipinski definition) is 5. The second kappa shape index (κ2) is 12.5. The van der Waals surface area contributed by atoms with Gasteiger partial charge < -0.3 is 20.7 Å². The van der Waals surface area contributed by atoms with Crippen molar-refractivity contribution in [2.75, 3.05) is 31.5 Å². The number of hydrogen-bond donors (Lipinski definition) is 3. The Labute approximate surface area is 213 Å². The van der Waals surface area contributed by atoms with Gasteiger partial charge in [0.15, 0.2) is 0 Å². The number of amides is 3. The Kier molecular flexibility index (Phi) is 9.47. The molecule has 8 heteroatoms. The summed E-state index contributed by atoms with van der Waals surface area (Å²) in [5.74, 6) is -0.0369. The van der Waals surface area contributed by atoms with Crippen LogP contribution < -0.4 is 16.0 Å². The largest absolute Gasteiger partial charge is 0.444 e. The van der Waals surface area contributed by atoms with Crippen LogP contribution in [0.15, 0.2) is 54.6 Å². The first-order valence-electron chi connectivity index (χ1n) is 12.5. The molecule has 0 bridgehead atoms. The molecule has 1 saturated heterocycles. The van der Waals surface area contributed by atoms with Gasteiger partial charge in [-0.05, 0) is 77.2 Å². The first kappa shape index (κ1) is 27.2. The van der Waals surface area contributed by atoms with Gasteiger partial charge in [-0.2, -0.15) is 0 Å². The number of piperidine rings is 1. The van der Waals surface area contributed by atoms with Gasteiger partial charge in [0.2, 0.25) is 5.91 Å². The molecule has 8 nitrogen and oxygen atoms in total. The SMILES string of the molecule is CC(NC(=O)c1ccccc1NC(=O)CN1CCC(CNC(=O)OC(C)(C)C)CC1)c1ccccc1. The number of rotatable bonds is 8. The molecule has 1 aliphatic heterocycles. The molecule has 0 aromatic heterocycles. The number of carbonyl (C=O) groups excluding carboxylic acids is 3. The standard InChI is InChI=1S/C28H38N4O4/c1-20(22-10-6-5-7-11-22)30-26(34)23-12-8-9-13-24(23)31-25(33)19-32-16-14-21(15-17-32)18-29-27(35)36-28(2,3)4/h5-13,20-21H,14-19H2,1-4H3,(H,29,35)(H,30,34)(H,31,33). The van der Waals surface area contributed by atoms with Crippen LogP contribution in [0.25, 0.3) is 0 Å². The number of benzene rings is 2. The maximum Gasteiger partial charge on any atom is 0.407 e. The average molecular weight is 495 g/mol. The molecule has 3 amide bonds. The second-order valence-corrected chi connectivity index (χ2v) is 10.3. The van der Waals surface area contributed by atoms with E-state index in [4.69, 9.17) is 4.74 Å². The lowest BCUT2D eigenvalue weighted by Gasteiger charge is -2.31. The maximum absolute atomic E-state index is 12.9. The predicted octanol–water partition coefficient (Wildman–Crippen LogP) is 4.35. The molecule has 1 unspecified atom stereocenters. The number of para-hydroxylation sites is 1. The monoisotopic (exact) mass is 494 g/mol. The lowest BCUT2D eigenvalue weighted by molar-refractivity contribution is -0.117. The fraction of sp³-hybridized carbons (Fsp3) is 0.464. The highest BCUT2D eigenvalue weighted by molar-refractivity contribution is 6.04. The minimum absolute atomic E-state index is 0.156. The molecular formula is C28H38N4O4. The molecule has 0 aliphatic carbocycles. The van der Waals surface area contributed by atoms with E-state index in [1.807, 2.05) is 58.0 Å². The zero-order valence-corrected chi connectivity index (χ0v) is 21.7. The Balaban J connectivity index is 1.46. The molecular weight excluding hydrogens is 456 g/mol. The third-order valence-electron chi connectivity index (χ3n) is 6.10. The van der Waals surface area contributed by atoms with Crippen molar-refractivity contribution in [3.8, 4) is 0 Å². The summed E-state index contributed by atoms with van der Waals surface area (Å²) in [5.41, 5.74) is 1.43. The van der Waals surface area contributed by atoms with Crippen molar-refractivity contribution in [2.24, 2.45) is 5.92 Å². The van der Waals surface area contributed by atoms with Crippen LogP contribution in [0.5, 0.6) is 0 Å². The van der Waals surface area contributed by atoms with Crippen molar-refractivity contribution in [3.63, 3.8) is 0 Å². The van der Waals surface area contributed by atoms with Gasteiger partial charge in [-0.15, -0.1) is 0 Å². The molecule has 1 heterocycles. The molecule has 194 valence electrons. The summed E-state index contributed by atoms with van der Waals surface area (Å²) in [6.07, 6.45) is 1.38. The molecule has 1 atom stereocenters.